The number of anilines is 3. The molecule has 3 aliphatic carbocycles. The first-order valence-corrected chi connectivity index (χ1v) is 45.3. The predicted molar refractivity (Wildman–Crippen MR) is 418 cm³/mol. The molecule has 4 N–H and O–H groups in total. The quantitative estimate of drug-likeness (QED) is 0.0126. The molecule has 0 unspecified atom stereocenters. The number of hydrogen-bond acceptors (Lipinski definition) is 20. The molecule has 3 aromatic carbocycles. The summed E-state index contributed by atoms with van der Waals surface area (Å²) in [5.41, 5.74) is 5.35. The standard InChI is InChI=1S/C26H30F2N6O3SSi.C23H25BrF2N6O3Si.C20H16F2N6O2S.C3H6S/c1-39(2,3)12-11-36-16-33-24(19-13-18(38-17-6-7-17)8-9-22(19)37-26(27)28)20(14-31-33)32-25(35)21-15-29-23-5-4-10-30-34(21)23;1-36(2,3)10-9-34-14-31-21(16-11-15(24)6-7-19(16)35-23(25)26)17(12-29-31)30-22(33)18-13-27-20-5-4-8-28-32(18)20;21-20(22)30-16-6-5-12(31-11-3-4-11)8-13(16)18-14(9-24-27-18)26-19(29)15-10-23-17-2-1-7-25-28(15)17;4-3-1-2-3/h4-5,8-10,13-15,17,26H,6-7,11-12,16H2,1-3H3,(H,32,35);4-8,11-13,23H,9-10,14H2,1-3H3,(H,30,33);1-2,5-11,20H,3-4H2,(H,24,27)(H,26,29);3-4H,1-2H2. The van der Waals surface area contributed by atoms with Crippen LogP contribution in [0.1, 0.15) is 70.0 Å². The Kier molecular flexibility index (Phi) is 26.2. The highest BCUT2D eigenvalue weighted by Crippen LogP contribution is 2.46. The van der Waals surface area contributed by atoms with Crippen LogP contribution in [0.5, 0.6) is 17.2 Å². The van der Waals surface area contributed by atoms with E-state index in [1.807, 2.05) is 6.07 Å². The maximum atomic E-state index is 13.4. The summed E-state index contributed by atoms with van der Waals surface area (Å²) in [7, 11) is -2.63. The second kappa shape index (κ2) is 36.1. The number of imidazole rings is 3. The van der Waals surface area contributed by atoms with Gasteiger partial charge in [0.1, 0.15) is 30.7 Å². The van der Waals surface area contributed by atoms with Gasteiger partial charge in [0.25, 0.3) is 17.7 Å². The molecule has 9 aromatic heterocycles. The van der Waals surface area contributed by atoms with Gasteiger partial charge in [0, 0.05) is 94.7 Å². The molecule has 0 atom stereocenters. The Bertz CT molecular complexity index is 5180. The first-order valence-electron chi connectivity index (χ1n) is 34.8. The summed E-state index contributed by atoms with van der Waals surface area (Å²) in [5, 5.41) is 38.3. The van der Waals surface area contributed by atoms with Crippen molar-refractivity contribution >= 4 is 120 Å². The molecule has 0 aliphatic heterocycles. The van der Waals surface area contributed by atoms with Gasteiger partial charge in [-0.25, -0.2) is 37.9 Å². The molecule has 3 fully saturated rings. The second-order valence-corrected chi connectivity index (χ2v) is 43.4. The topological polar surface area (TPSA) is 288 Å². The van der Waals surface area contributed by atoms with E-state index in [-0.39, 0.29) is 53.5 Å². The summed E-state index contributed by atoms with van der Waals surface area (Å²) in [5.74, 6) is -1.51. The lowest BCUT2D eigenvalue weighted by Gasteiger charge is -2.18. The molecule has 9 heterocycles. The van der Waals surface area contributed by atoms with E-state index in [0.717, 1.165) is 52.8 Å². The third-order valence-corrected chi connectivity index (χ3v) is 23.6. The number of thiol groups is 1. The molecule has 0 saturated heterocycles. The number of halogens is 7. The van der Waals surface area contributed by atoms with Gasteiger partial charge >= 0.3 is 19.8 Å². The molecule has 110 heavy (non-hydrogen) atoms. The number of thioether (sulfide) groups is 2. The number of hydrogen-bond donors (Lipinski definition) is 5. The van der Waals surface area contributed by atoms with E-state index in [4.69, 9.17) is 23.7 Å². The highest BCUT2D eigenvalue weighted by molar-refractivity contribution is 9.10. The first-order chi connectivity index (χ1) is 52.8. The highest BCUT2D eigenvalue weighted by Gasteiger charge is 2.30. The second-order valence-electron chi connectivity index (χ2n) is 27.8. The van der Waals surface area contributed by atoms with Crippen molar-refractivity contribution in [2.75, 3.05) is 29.2 Å². The zero-order valence-electron chi connectivity index (χ0n) is 60.2. The van der Waals surface area contributed by atoms with Crippen molar-refractivity contribution in [1.82, 2.24) is 73.6 Å². The van der Waals surface area contributed by atoms with Gasteiger partial charge in [-0.15, -0.1) is 23.5 Å². The van der Waals surface area contributed by atoms with E-state index in [9.17, 15) is 40.7 Å². The number of aromatic nitrogens is 15. The smallest absolute Gasteiger partial charge is 0.387 e. The van der Waals surface area contributed by atoms with Crippen LogP contribution in [0.25, 0.3) is 50.7 Å². The van der Waals surface area contributed by atoms with E-state index in [1.54, 1.807) is 114 Å². The summed E-state index contributed by atoms with van der Waals surface area (Å²) in [6.45, 7) is 5.70. The van der Waals surface area contributed by atoms with Gasteiger partial charge in [0.2, 0.25) is 0 Å². The Morgan fingerprint density at radius 1 is 0.518 bits per heavy atom. The van der Waals surface area contributed by atoms with E-state index >= 15 is 0 Å². The Morgan fingerprint density at radius 2 is 0.900 bits per heavy atom. The van der Waals surface area contributed by atoms with Crippen LogP contribution in [0.2, 0.25) is 51.4 Å². The summed E-state index contributed by atoms with van der Waals surface area (Å²) in [6, 6.07) is 27.0. The number of nitrogens with zero attached hydrogens (tertiary/aromatic N) is 14. The molecule has 26 nitrogen and oxygen atoms in total. The number of benzene rings is 3. The maximum Gasteiger partial charge on any atom is 0.387 e. The Balaban J connectivity index is 0.000000150. The number of carbonyl (C=O) groups excluding carboxylic acids is 3. The van der Waals surface area contributed by atoms with Crippen LogP contribution >= 0.6 is 52.1 Å². The molecule has 0 bridgehead atoms. The molecule has 3 saturated carbocycles. The van der Waals surface area contributed by atoms with Crippen molar-refractivity contribution in [3.05, 3.63) is 168 Å². The van der Waals surface area contributed by atoms with Crippen molar-refractivity contribution in [3.8, 4) is 51.0 Å². The largest absolute Gasteiger partial charge is 0.434 e. The van der Waals surface area contributed by atoms with Crippen molar-refractivity contribution in [3.63, 3.8) is 0 Å². The van der Waals surface area contributed by atoms with E-state index < -0.39 is 53.7 Å². The van der Waals surface area contributed by atoms with Crippen LogP contribution in [0.15, 0.2) is 161 Å². The number of ether oxygens (including phenoxy) is 5. The number of alkyl halides is 6. The van der Waals surface area contributed by atoms with Crippen molar-refractivity contribution < 1.29 is 64.4 Å². The van der Waals surface area contributed by atoms with Crippen LogP contribution in [-0.4, -0.2) is 156 Å². The molecule has 3 amide bonds. The van der Waals surface area contributed by atoms with E-state index in [2.05, 4.69) is 134 Å². The number of nitrogens with one attached hydrogen (secondary N) is 4. The predicted octanol–water partition coefficient (Wildman–Crippen LogP) is 16.8. The first kappa shape index (κ1) is 80.0. The summed E-state index contributed by atoms with van der Waals surface area (Å²) in [4.78, 5) is 53.7. The number of amides is 3. The maximum absolute atomic E-state index is 13.4. The molecular formula is C72H77BrF6N18O8S3Si2. The lowest BCUT2D eigenvalue weighted by atomic mass is 10.1. The van der Waals surface area contributed by atoms with E-state index in [0.29, 0.717) is 90.3 Å². The zero-order valence-corrected chi connectivity index (χ0v) is 66.4. The van der Waals surface area contributed by atoms with Gasteiger partial charge in [-0.2, -0.15) is 69.6 Å². The van der Waals surface area contributed by atoms with Crippen LogP contribution in [0.3, 0.4) is 0 Å². The Morgan fingerprint density at radius 3 is 1.29 bits per heavy atom. The number of fused-ring (bicyclic) bond motifs is 3. The van der Waals surface area contributed by atoms with Crippen molar-refractivity contribution in [1.29, 1.82) is 0 Å². The number of aromatic amines is 1. The average molecular weight is 1670 g/mol. The van der Waals surface area contributed by atoms with Gasteiger partial charge in [0.15, 0.2) is 34.0 Å². The van der Waals surface area contributed by atoms with E-state index in [1.165, 1.54) is 86.4 Å². The number of carbonyl (C=O) groups is 3. The third-order valence-electron chi connectivity index (χ3n) is 16.5. The lowest BCUT2D eigenvalue weighted by molar-refractivity contribution is -0.0501. The van der Waals surface area contributed by atoms with Crippen LogP contribution < -0.4 is 30.2 Å². The van der Waals surface area contributed by atoms with Crippen LogP contribution in [0, 0.1) is 0 Å². The molecule has 12 aromatic rings. The molecule has 578 valence electrons. The minimum atomic E-state index is -3.03. The van der Waals surface area contributed by atoms with Gasteiger partial charge in [-0.05, 0) is 142 Å². The van der Waals surface area contributed by atoms with Crippen LogP contribution in [-0.2, 0) is 22.9 Å². The molecule has 0 radical (unpaired) electrons. The summed E-state index contributed by atoms with van der Waals surface area (Å²) < 4.78 is 113. The fourth-order valence-electron chi connectivity index (χ4n) is 10.5. The van der Waals surface area contributed by atoms with Gasteiger partial charge < -0.3 is 39.6 Å². The Labute approximate surface area is 651 Å². The molecular weight excluding hydrogens is 1590 g/mol. The monoisotopic (exact) mass is 1670 g/mol. The highest BCUT2D eigenvalue weighted by atomic mass is 79.9. The fourth-order valence-corrected chi connectivity index (χ4v) is 14.7. The lowest BCUT2D eigenvalue weighted by Crippen LogP contribution is -2.22. The SMILES string of the molecule is C[Si](C)(C)CCOCn1ncc(NC(=O)c2cnc3cccnn23)c1-c1cc(Br)ccc1OC(F)F.C[Si](C)(C)CCOCn1ncc(NC(=O)c2cnc3cccnn23)c1-c1cc(SC2CC2)ccc1OC(F)F.O=C(Nc1cn[nH]c1-c1cc(SC2CC2)ccc1OC(F)F)c1cnc2cccnn12.SC1CC1. The summed E-state index contributed by atoms with van der Waals surface area (Å²) >= 11 is 10.8. The minimum absolute atomic E-state index is 0.00800. The van der Waals surface area contributed by atoms with Gasteiger partial charge in [-0.1, -0.05) is 55.2 Å². The zero-order chi connectivity index (χ0) is 77.8. The number of H-pyrrole nitrogens is 1. The molecule has 38 heteroatoms. The van der Waals surface area contributed by atoms with Crippen LogP contribution in [0.4, 0.5) is 43.4 Å². The van der Waals surface area contributed by atoms with Gasteiger partial charge in [-0.3, -0.25) is 19.5 Å². The third kappa shape index (κ3) is 21.9. The normalized spacial score (nSPS) is 13.6. The molecule has 3 aliphatic rings. The minimum Gasteiger partial charge on any atom is -0.434 e. The van der Waals surface area contributed by atoms with Crippen molar-refractivity contribution in [2.24, 2.45) is 0 Å². The Hall–Kier alpha value is -9.58. The fraction of sp³-hybridized carbons (Fsp3) is 0.333. The van der Waals surface area contributed by atoms with Gasteiger partial charge in [0.05, 0.1) is 71.3 Å². The average Bonchev–Trinajstić information content (AvgIpc) is 1.54. The van der Waals surface area contributed by atoms with Crippen molar-refractivity contribution in [2.45, 2.75) is 149 Å². The molecule has 0 spiro atoms. The molecule has 15 rings (SSSR count). The number of rotatable bonds is 29. The summed E-state index contributed by atoms with van der Waals surface area (Å²) in [6.07, 6.45) is 20.4.